The second-order valence-electron chi connectivity index (χ2n) is 4.50. The summed E-state index contributed by atoms with van der Waals surface area (Å²) in [6.45, 7) is 5.31. The summed E-state index contributed by atoms with van der Waals surface area (Å²) in [5.41, 5.74) is 2.48. The number of pyridine rings is 1. The molecule has 1 atom stereocenters. The zero-order valence-corrected chi connectivity index (χ0v) is 9.66. The molecule has 1 N–H and O–H groups in total. The number of hydrogen-bond acceptors (Lipinski definition) is 2. The van der Waals surface area contributed by atoms with Crippen LogP contribution >= 0.6 is 0 Å². The number of aromatic nitrogens is 1. The number of nitrogens with zero attached hydrogens (tertiary/aromatic N) is 1. The third-order valence-corrected chi connectivity index (χ3v) is 3.28. The molecule has 1 fully saturated rings. The predicted molar refractivity (Wildman–Crippen MR) is 62.6 cm³/mol. The van der Waals surface area contributed by atoms with Crippen molar-refractivity contribution in [2.75, 3.05) is 0 Å². The molecule has 1 aliphatic carbocycles. The predicted octanol–water partition coefficient (Wildman–Crippen LogP) is 2.67. The van der Waals surface area contributed by atoms with Crippen LogP contribution in [0.3, 0.4) is 0 Å². The third-order valence-electron chi connectivity index (χ3n) is 3.28. The fourth-order valence-corrected chi connectivity index (χ4v) is 2.07. The first kappa shape index (κ1) is 10.6. The highest BCUT2D eigenvalue weighted by molar-refractivity contribution is 5.17. The summed E-state index contributed by atoms with van der Waals surface area (Å²) in [5.74, 6) is 0.930. The molecule has 0 spiro atoms. The van der Waals surface area contributed by atoms with E-state index in [1.807, 2.05) is 12.3 Å². The fourth-order valence-electron chi connectivity index (χ4n) is 2.07. The molecular formula is C13H20N2. The molecule has 1 aromatic rings. The fraction of sp³-hybridized carbons (Fsp3) is 0.615. The van der Waals surface area contributed by atoms with Crippen molar-refractivity contribution >= 4 is 0 Å². The van der Waals surface area contributed by atoms with Gasteiger partial charge < -0.3 is 5.32 Å². The molecule has 0 saturated heterocycles. The molecule has 0 amide bonds. The molecule has 1 heterocycles. The van der Waals surface area contributed by atoms with Gasteiger partial charge in [-0.05, 0) is 43.7 Å². The number of nitrogens with one attached hydrogen (secondary N) is 1. The molecule has 1 aliphatic rings. The van der Waals surface area contributed by atoms with Crippen molar-refractivity contribution in [3.8, 4) is 0 Å². The lowest BCUT2D eigenvalue weighted by Gasteiger charge is -2.16. The Bertz CT molecular complexity index is 318. The van der Waals surface area contributed by atoms with Gasteiger partial charge in [0.1, 0.15) is 0 Å². The van der Waals surface area contributed by atoms with Gasteiger partial charge in [0.2, 0.25) is 0 Å². The molecule has 1 aromatic heterocycles. The van der Waals surface area contributed by atoms with E-state index in [0.29, 0.717) is 6.04 Å². The topological polar surface area (TPSA) is 24.9 Å². The number of aryl methyl sites for hydroxylation is 1. The van der Waals surface area contributed by atoms with Crippen LogP contribution in [0.25, 0.3) is 0 Å². The summed E-state index contributed by atoms with van der Waals surface area (Å²) in [5, 5.41) is 3.63. The van der Waals surface area contributed by atoms with Crippen molar-refractivity contribution in [3.63, 3.8) is 0 Å². The highest BCUT2D eigenvalue weighted by atomic mass is 14.9. The van der Waals surface area contributed by atoms with Crippen LogP contribution in [0.2, 0.25) is 0 Å². The smallest absolute Gasteiger partial charge is 0.0570 e. The minimum absolute atomic E-state index is 0.700. The molecule has 1 unspecified atom stereocenters. The van der Waals surface area contributed by atoms with Crippen molar-refractivity contribution in [2.24, 2.45) is 5.92 Å². The van der Waals surface area contributed by atoms with Crippen LogP contribution in [-0.4, -0.2) is 11.0 Å². The van der Waals surface area contributed by atoms with E-state index in [1.54, 1.807) is 0 Å². The number of hydrogen-bond donors (Lipinski definition) is 1. The van der Waals surface area contributed by atoms with E-state index in [9.17, 15) is 0 Å². The lowest BCUT2D eigenvalue weighted by Crippen LogP contribution is -2.30. The van der Waals surface area contributed by atoms with E-state index in [1.165, 1.54) is 30.5 Å². The second-order valence-corrected chi connectivity index (χ2v) is 4.50. The van der Waals surface area contributed by atoms with Crippen molar-refractivity contribution < 1.29 is 0 Å². The monoisotopic (exact) mass is 204 g/mol. The minimum atomic E-state index is 0.700. The van der Waals surface area contributed by atoms with Gasteiger partial charge in [-0.1, -0.05) is 13.0 Å². The Balaban J connectivity index is 1.89. The Morgan fingerprint density at radius 2 is 2.33 bits per heavy atom. The largest absolute Gasteiger partial charge is 0.308 e. The Morgan fingerprint density at radius 3 is 2.93 bits per heavy atom. The summed E-state index contributed by atoms with van der Waals surface area (Å²) in [6, 6.07) is 4.82. The lowest BCUT2D eigenvalue weighted by atomic mass is 10.1. The van der Waals surface area contributed by atoms with Crippen LogP contribution in [0.1, 0.15) is 37.4 Å². The molecule has 0 bridgehead atoms. The molecule has 1 saturated carbocycles. The summed E-state index contributed by atoms with van der Waals surface area (Å²) >= 11 is 0. The molecular weight excluding hydrogens is 184 g/mol. The lowest BCUT2D eigenvalue weighted by molar-refractivity contribution is 0.445. The van der Waals surface area contributed by atoms with Crippen molar-refractivity contribution in [2.45, 2.75) is 45.7 Å². The zero-order valence-electron chi connectivity index (χ0n) is 9.66. The second kappa shape index (κ2) is 4.75. The van der Waals surface area contributed by atoms with Gasteiger partial charge in [-0.2, -0.15) is 0 Å². The van der Waals surface area contributed by atoms with Gasteiger partial charge in [0.25, 0.3) is 0 Å². The standard InChI is InChI=1S/C13H20N2/c1-3-12(11-6-7-11)15-9-13-10(2)5-4-8-14-13/h4-5,8,11-12,15H,3,6-7,9H2,1-2H3. The van der Waals surface area contributed by atoms with Crippen molar-refractivity contribution in [1.82, 2.24) is 10.3 Å². The molecule has 2 nitrogen and oxygen atoms in total. The van der Waals surface area contributed by atoms with Gasteiger partial charge in [0, 0.05) is 18.8 Å². The molecule has 0 radical (unpaired) electrons. The zero-order chi connectivity index (χ0) is 10.7. The van der Waals surface area contributed by atoms with Gasteiger partial charge in [-0.3, -0.25) is 4.98 Å². The van der Waals surface area contributed by atoms with E-state index in [-0.39, 0.29) is 0 Å². The van der Waals surface area contributed by atoms with Gasteiger partial charge in [-0.25, -0.2) is 0 Å². The maximum absolute atomic E-state index is 4.40. The quantitative estimate of drug-likeness (QED) is 0.797. The number of rotatable bonds is 5. The van der Waals surface area contributed by atoms with E-state index < -0.39 is 0 Å². The first-order valence-electron chi connectivity index (χ1n) is 5.95. The van der Waals surface area contributed by atoms with E-state index >= 15 is 0 Å². The first-order chi connectivity index (χ1) is 7.31. The van der Waals surface area contributed by atoms with Crippen LogP contribution in [-0.2, 0) is 6.54 Å². The normalized spacial score (nSPS) is 17.7. The summed E-state index contributed by atoms with van der Waals surface area (Å²) < 4.78 is 0. The summed E-state index contributed by atoms with van der Waals surface area (Å²) in [6.07, 6.45) is 5.93. The summed E-state index contributed by atoms with van der Waals surface area (Å²) in [7, 11) is 0. The van der Waals surface area contributed by atoms with Gasteiger partial charge in [-0.15, -0.1) is 0 Å². The molecule has 82 valence electrons. The van der Waals surface area contributed by atoms with Gasteiger partial charge in [0.15, 0.2) is 0 Å². The third kappa shape index (κ3) is 2.78. The van der Waals surface area contributed by atoms with Crippen LogP contribution in [0.5, 0.6) is 0 Å². The molecule has 15 heavy (non-hydrogen) atoms. The highest BCUT2D eigenvalue weighted by Crippen LogP contribution is 2.33. The Morgan fingerprint density at radius 1 is 1.53 bits per heavy atom. The Hall–Kier alpha value is -0.890. The van der Waals surface area contributed by atoms with E-state index in [2.05, 4.69) is 30.2 Å². The van der Waals surface area contributed by atoms with Crippen LogP contribution in [0.4, 0.5) is 0 Å². The van der Waals surface area contributed by atoms with E-state index in [4.69, 9.17) is 0 Å². The van der Waals surface area contributed by atoms with Crippen LogP contribution in [0, 0.1) is 12.8 Å². The Kier molecular flexibility index (Phi) is 3.37. The van der Waals surface area contributed by atoms with Crippen LogP contribution < -0.4 is 5.32 Å². The van der Waals surface area contributed by atoms with Gasteiger partial charge >= 0.3 is 0 Å². The minimum Gasteiger partial charge on any atom is -0.308 e. The van der Waals surface area contributed by atoms with E-state index in [0.717, 1.165) is 12.5 Å². The Labute approximate surface area is 92.1 Å². The van der Waals surface area contributed by atoms with Crippen molar-refractivity contribution in [1.29, 1.82) is 0 Å². The highest BCUT2D eigenvalue weighted by Gasteiger charge is 2.29. The molecule has 0 aliphatic heterocycles. The maximum atomic E-state index is 4.40. The molecule has 2 heteroatoms. The summed E-state index contributed by atoms with van der Waals surface area (Å²) in [4.78, 5) is 4.40. The first-order valence-corrected chi connectivity index (χ1v) is 5.95. The molecule has 0 aromatic carbocycles. The van der Waals surface area contributed by atoms with Crippen molar-refractivity contribution in [3.05, 3.63) is 29.6 Å². The average Bonchev–Trinajstić information content (AvgIpc) is 3.06. The molecule has 2 rings (SSSR count). The SMILES string of the molecule is CCC(NCc1ncccc1C)C1CC1. The van der Waals surface area contributed by atoms with Gasteiger partial charge in [0.05, 0.1) is 5.69 Å². The average molecular weight is 204 g/mol. The maximum Gasteiger partial charge on any atom is 0.0570 e. The van der Waals surface area contributed by atoms with Crippen LogP contribution in [0.15, 0.2) is 18.3 Å².